The minimum Gasteiger partial charge on any atom is -0.495 e. The van der Waals surface area contributed by atoms with E-state index < -0.39 is 32.2 Å². The number of nitrogens with zero attached hydrogens (tertiary/aromatic N) is 3. The van der Waals surface area contributed by atoms with E-state index in [0.717, 1.165) is 34.6 Å². The second-order valence-corrected chi connectivity index (χ2v) is 15.3. The Morgan fingerprint density at radius 3 is 1.57 bits per heavy atom. The number of rotatable bonds is 9. The molecule has 12 nitrogen and oxygen atoms in total. The van der Waals surface area contributed by atoms with Crippen LogP contribution in [-0.4, -0.2) is 80.5 Å². The molecule has 6 aromatic rings. The molecule has 0 aliphatic carbocycles. The van der Waals surface area contributed by atoms with Gasteiger partial charge in [0.2, 0.25) is 0 Å². The first-order valence-corrected chi connectivity index (χ1v) is 19.0. The van der Waals surface area contributed by atoms with Crippen molar-refractivity contribution < 1.29 is 54.2 Å². The van der Waals surface area contributed by atoms with Gasteiger partial charge in [-0.2, -0.15) is 13.2 Å². The van der Waals surface area contributed by atoms with Crippen molar-refractivity contribution in [2.75, 3.05) is 27.3 Å². The maximum Gasteiger partial charge on any atom is 0.490 e. The molecule has 0 bridgehead atoms. The Morgan fingerprint density at radius 2 is 1.17 bits per heavy atom. The molecule has 3 heterocycles. The van der Waals surface area contributed by atoms with Crippen LogP contribution in [0.15, 0.2) is 119 Å². The van der Waals surface area contributed by atoms with E-state index >= 15 is 0 Å². The zero-order chi connectivity index (χ0) is 39.3. The normalized spacial score (nSPS) is 13.2. The maximum absolute atomic E-state index is 13.1. The summed E-state index contributed by atoms with van der Waals surface area (Å²) in [6.07, 6.45) is -0.110. The predicted molar refractivity (Wildman–Crippen MR) is 194 cm³/mol. The van der Waals surface area contributed by atoms with Crippen LogP contribution in [0.4, 0.5) is 13.2 Å². The molecule has 0 atom stereocenters. The molecule has 1 saturated heterocycles. The van der Waals surface area contributed by atoms with Crippen molar-refractivity contribution in [3.8, 4) is 11.5 Å². The van der Waals surface area contributed by atoms with Gasteiger partial charge in [0.25, 0.3) is 20.0 Å². The number of alkyl halides is 3. The molecule has 0 radical (unpaired) electrons. The maximum atomic E-state index is 13.1. The molecule has 0 saturated carbocycles. The number of carbonyl (C=O) groups excluding carboxylic acids is 1. The number of carboxylic acid groups (broad SMARTS) is 1. The molecular weight excluding hydrogens is 752 g/mol. The summed E-state index contributed by atoms with van der Waals surface area (Å²) in [5, 5.41) is 8.58. The Hall–Kier alpha value is -5.65. The Balaban J connectivity index is 0.000000178. The molecule has 4 aromatic carbocycles. The highest BCUT2D eigenvalue weighted by Gasteiger charge is 2.38. The van der Waals surface area contributed by atoms with Crippen molar-refractivity contribution >= 4 is 54.1 Å². The third kappa shape index (κ3) is 8.12. The van der Waals surface area contributed by atoms with Gasteiger partial charge in [-0.1, -0.05) is 42.5 Å². The Labute approximate surface area is 308 Å². The lowest BCUT2D eigenvalue weighted by Crippen LogP contribution is -2.36. The Bertz CT molecular complexity index is 2500. The van der Waals surface area contributed by atoms with E-state index in [1.807, 2.05) is 18.2 Å². The molecule has 1 N–H and O–H groups in total. The fraction of sp³-hybridized carbons (Fsp3) is 0.189. The van der Waals surface area contributed by atoms with Gasteiger partial charge in [-0.05, 0) is 79.7 Å². The van der Waals surface area contributed by atoms with E-state index in [1.165, 1.54) is 35.8 Å². The number of likely N-dealkylation sites (tertiary alicyclic amines) is 1. The first kappa shape index (κ1) is 39.6. The number of benzene rings is 4. The van der Waals surface area contributed by atoms with E-state index in [0.29, 0.717) is 39.8 Å². The van der Waals surface area contributed by atoms with E-state index in [1.54, 1.807) is 80.0 Å². The van der Waals surface area contributed by atoms with Crippen molar-refractivity contribution in [3.63, 3.8) is 0 Å². The van der Waals surface area contributed by atoms with Crippen molar-refractivity contribution in [2.45, 2.75) is 28.9 Å². The molecule has 17 heteroatoms. The SMILES string of the molecule is COc1ccc(C=O)c2ccn(S(=O)(=O)c3ccccc3)c12.COc1ccc(CN2CCC2)c2ccn(S(=O)(=O)c3ccccc3)c12.O=C(O)C(F)(F)F. The van der Waals surface area contributed by atoms with Gasteiger partial charge in [0.1, 0.15) is 22.5 Å². The Kier molecular flexibility index (Phi) is 11.8. The molecule has 0 spiro atoms. The summed E-state index contributed by atoms with van der Waals surface area (Å²) in [5.41, 5.74) is 2.50. The highest BCUT2D eigenvalue weighted by atomic mass is 32.2. The van der Waals surface area contributed by atoms with Crippen LogP contribution in [0.3, 0.4) is 0 Å². The average Bonchev–Trinajstić information content (AvgIpc) is 3.81. The van der Waals surface area contributed by atoms with Crippen molar-refractivity contribution in [2.24, 2.45) is 0 Å². The van der Waals surface area contributed by atoms with Crippen LogP contribution in [-0.2, 0) is 31.4 Å². The third-order valence-corrected chi connectivity index (χ3v) is 11.8. The number of ether oxygens (including phenoxy) is 2. The summed E-state index contributed by atoms with van der Waals surface area (Å²) in [5.74, 6) is -1.80. The number of aldehydes is 1. The highest BCUT2D eigenvalue weighted by molar-refractivity contribution is 7.90. The monoisotopic (exact) mass is 785 g/mol. The van der Waals surface area contributed by atoms with E-state index in [4.69, 9.17) is 19.4 Å². The molecule has 1 aliphatic rings. The number of hydrogen-bond acceptors (Lipinski definition) is 9. The molecule has 1 aliphatic heterocycles. The molecule has 54 heavy (non-hydrogen) atoms. The van der Waals surface area contributed by atoms with Crippen LogP contribution < -0.4 is 9.47 Å². The smallest absolute Gasteiger partial charge is 0.490 e. The van der Waals surface area contributed by atoms with E-state index in [2.05, 4.69) is 4.90 Å². The lowest BCUT2D eigenvalue weighted by molar-refractivity contribution is -0.192. The number of halogens is 3. The highest BCUT2D eigenvalue weighted by Crippen LogP contribution is 2.34. The van der Waals surface area contributed by atoms with Crippen LogP contribution in [0.1, 0.15) is 22.3 Å². The van der Waals surface area contributed by atoms with Gasteiger partial charge >= 0.3 is 12.1 Å². The number of hydrogen-bond donors (Lipinski definition) is 1. The molecule has 0 unspecified atom stereocenters. The van der Waals surface area contributed by atoms with Gasteiger partial charge < -0.3 is 14.6 Å². The minimum atomic E-state index is -5.08. The lowest BCUT2D eigenvalue weighted by Gasteiger charge is -2.31. The summed E-state index contributed by atoms with van der Waals surface area (Å²) in [6.45, 7) is 3.02. The lowest BCUT2D eigenvalue weighted by atomic mass is 10.1. The third-order valence-electron chi connectivity index (χ3n) is 8.43. The van der Waals surface area contributed by atoms with Gasteiger partial charge in [0.15, 0.2) is 6.29 Å². The van der Waals surface area contributed by atoms with Crippen molar-refractivity contribution in [1.82, 2.24) is 12.8 Å². The number of methoxy groups -OCH3 is 2. The average molecular weight is 786 g/mol. The zero-order valence-electron chi connectivity index (χ0n) is 28.8. The molecule has 0 amide bonds. The summed E-state index contributed by atoms with van der Waals surface area (Å²) < 4.78 is 96.7. The zero-order valence-corrected chi connectivity index (χ0v) is 30.4. The van der Waals surface area contributed by atoms with Crippen LogP contribution in [0.2, 0.25) is 0 Å². The topological polar surface area (TPSA) is 154 Å². The largest absolute Gasteiger partial charge is 0.495 e. The summed E-state index contributed by atoms with van der Waals surface area (Å²) in [7, 11) is -4.40. The fourth-order valence-corrected chi connectivity index (χ4v) is 8.40. The van der Waals surface area contributed by atoms with Gasteiger partial charge in [-0.3, -0.25) is 9.69 Å². The summed E-state index contributed by atoms with van der Waals surface area (Å²) >= 11 is 0. The number of carboxylic acids is 1. The van der Waals surface area contributed by atoms with Crippen molar-refractivity contribution in [1.29, 1.82) is 0 Å². The quantitative estimate of drug-likeness (QED) is 0.162. The summed E-state index contributed by atoms with van der Waals surface area (Å²) in [6, 6.07) is 27.1. The molecular formula is C37H34F3N3O9S2. The minimum absolute atomic E-state index is 0.172. The standard InChI is InChI=1S/C19H20N2O3S.C16H13NO4S.C2HF3O2/c1-24-18-9-8-15(14-20-11-5-12-20)17-10-13-21(19(17)18)25(22,23)16-6-3-2-4-7-16;1-21-15-8-7-12(11-18)14-9-10-17(16(14)15)22(19,20)13-5-3-2-4-6-13;3-2(4,5)1(6)7/h2-4,6-10,13H,5,11-12,14H2,1H3;2-11H,1H3;(H,6,7). The molecule has 2 aromatic heterocycles. The van der Waals surface area contributed by atoms with Crippen LogP contribution in [0, 0.1) is 0 Å². The van der Waals surface area contributed by atoms with Crippen LogP contribution >= 0.6 is 0 Å². The second-order valence-electron chi connectivity index (χ2n) is 11.7. The first-order chi connectivity index (χ1) is 25.6. The molecule has 1 fully saturated rings. The van der Waals surface area contributed by atoms with Gasteiger partial charge in [-0.25, -0.2) is 29.6 Å². The molecule has 284 valence electrons. The van der Waals surface area contributed by atoms with Crippen LogP contribution in [0.25, 0.3) is 21.8 Å². The van der Waals surface area contributed by atoms with E-state index in [-0.39, 0.29) is 9.79 Å². The second kappa shape index (κ2) is 16.2. The van der Waals surface area contributed by atoms with Crippen LogP contribution in [0.5, 0.6) is 11.5 Å². The van der Waals surface area contributed by atoms with Crippen molar-refractivity contribution in [3.05, 3.63) is 121 Å². The van der Waals surface area contributed by atoms with Gasteiger partial charge in [0.05, 0.1) is 24.0 Å². The van der Waals surface area contributed by atoms with Gasteiger partial charge in [-0.15, -0.1) is 0 Å². The molecule has 7 rings (SSSR count). The van der Waals surface area contributed by atoms with E-state index in [9.17, 15) is 34.8 Å². The predicted octanol–water partition coefficient (Wildman–Crippen LogP) is 6.43. The summed E-state index contributed by atoms with van der Waals surface area (Å²) in [4.78, 5) is 22.8. The van der Waals surface area contributed by atoms with Gasteiger partial charge in [0, 0.05) is 35.3 Å². The first-order valence-electron chi connectivity index (χ1n) is 16.1. The number of aromatic nitrogens is 2. The number of aliphatic carboxylic acids is 1. The number of carbonyl (C=O) groups is 2. The number of fused-ring (bicyclic) bond motifs is 2. The Morgan fingerprint density at radius 1 is 0.722 bits per heavy atom. The fourth-order valence-electron chi connectivity index (χ4n) is 5.65.